The van der Waals surface area contributed by atoms with Crippen molar-refractivity contribution in [3.8, 4) is 70.4 Å². The van der Waals surface area contributed by atoms with Gasteiger partial charge >= 0.3 is 0 Å². The number of hydrogen-bond donors (Lipinski definition) is 0. The maximum Gasteiger partial charge on any atom is 0.195 e. The molecule has 0 N–H and O–H groups in total. The van der Waals surface area contributed by atoms with E-state index in [1.54, 1.807) is 0 Å². The molecule has 11 rings (SSSR count). The summed E-state index contributed by atoms with van der Waals surface area (Å²) in [6, 6.07) is 86.8. The van der Waals surface area contributed by atoms with Crippen molar-refractivity contribution in [2.24, 2.45) is 0 Å². The summed E-state index contributed by atoms with van der Waals surface area (Å²) >= 11 is 0. The highest BCUT2D eigenvalue weighted by Crippen LogP contribution is 2.50. The normalized spacial score (nSPS) is 11.4. The Morgan fingerprint density at radius 1 is 0.211 bits per heavy atom. The molecule has 0 aliphatic heterocycles. The molecule has 0 fully saturated rings. The Morgan fingerprint density at radius 3 is 0.763 bits per heavy atom. The Morgan fingerprint density at radius 2 is 0.461 bits per heavy atom. The minimum atomic E-state index is -0.113. The van der Waals surface area contributed by atoms with Gasteiger partial charge in [-0.1, -0.05) is 169 Å². The van der Waals surface area contributed by atoms with Gasteiger partial charge < -0.3 is 9.47 Å². The molecule has 76 heavy (non-hydrogen) atoms. The van der Waals surface area contributed by atoms with Gasteiger partial charge in [-0.2, -0.15) is 0 Å². The van der Waals surface area contributed by atoms with Gasteiger partial charge in [-0.25, -0.2) is 0 Å². The predicted octanol–water partition coefficient (Wildman–Crippen LogP) is 16.0. The molecule has 1 aliphatic rings. The van der Waals surface area contributed by atoms with Crippen LogP contribution in [0.5, 0.6) is 23.0 Å². The van der Waals surface area contributed by atoms with Crippen LogP contribution in [-0.2, 0) is 4.79 Å². The van der Waals surface area contributed by atoms with Gasteiger partial charge in [0.2, 0.25) is 0 Å². The van der Waals surface area contributed by atoms with Gasteiger partial charge in [0.15, 0.2) is 5.78 Å². The van der Waals surface area contributed by atoms with Crippen molar-refractivity contribution >= 4 is 28.1 Å². The van der Waals surface area contributed by atoms with Crippen molar-refractivity contribution in [1.82, 2.24) is 0 Å². The maximum atomic E-state index is 15.7. The van der Waals surface area contributed by atoms with Crippen molar-refractivity contribution in [1.29, 1.82) is 0 Å². The average Bonchev–Trinajstić information content (AvgIpc) is 3.90. The average molecular weight is 969 g/mol. The lowest BCUT2D eigenvalue weighted by Gasteiger charge is -2.15. The van der Waals surface area contributed by atoms with Gasteiger partial charge in [0.25, 0.3) is 0 Å². The third-order valence-electron chi connectivity index (χ3n) is 12.5. The van der Waals surface area contributed by atoms with E-state index in [1.165, 1.54) is 0 Å². The van der Waals surface area contributed by atoms with Gasteiger partial charge in [0.05, 0.1) is 0 Å². The first-order chi connectivity index (χ1) is 37.5. The van der Waals surface area contributed by atoms with Gasteiger partial charge in [-0.15, -0.1) is 0 Å². The van der Waals surface area contributed by atoms with Gasteiger partial charge in [-0.05, 0) is 168 Å². The number of hydrogen-bond acceptors (Lipinski definition) is 3. The van der Waals surface area contributed by atoms with Crippen LogP contribution in [0.4, 0.5) is 0 Å². The van der Waals surface area contributed by atoms with Gasteiger partial charge in [0.1, 0.15) is 23.0 Å². The monoisotopic (exact) mass is 968 g/mol. The van der Waals surface area contributed by atoms with Crippen LogP contribution in [0.3, 0.4) is 0 Å². The van der Waals surface area contributed by atoms with Crippen LogP contribution in [0.2, 0.25) is 0 Å². The zero-order valence-electron chi connectivity index (χ0n) is 41.1. The van der Waals surface area contributed by atoms with Gasteiger partial charge in [0, 0.05) is 66.8 Å². The van der Waals surface area contributed by atoms with Crippen LogP contribution in [0.25, 0.3) is 22.3 Å². The second-order valence-corrected chi connectivity index (χ2v) is 17.8. The molecular formula is C73H44O3. The topological polar surface area (TPSA) is 35.5 Å². The predicted molar refractivity (Wildman–Crippen MR) is 307 cm³/mol. The van der Waals surface area contributed by atoms with E-state index in [-0.39, 0.29) is 5.78 Å². The standard InChI is InChI=1S/C73H44O3/c74-73-71(63-25-13-23-59(51-63)33-31-55-19-9-3-10-20-55)69(61-39-47-67(48-40-61)75-65-43-35-57(36-44-65)29-27-53-15-5-1-6-16-53)70(72(73)64-26-14-24-60(52-64)34-32-56-21-11-4-12-22-56)62-41-49-68(50-42-62)76-66-45-37-58(38-46-66)30-28-54-17-7-2-8-18-54/h1-26,35-52H. The third-order valence-corrected chi connectivity index (χ3v) is 12.5. The molecule has 0 amide bonds. The summed E-state index contributed by atoms with van der Waals surface area (Å²) in [6.07, 6.45) is 0. The molecule has 354 valence electrons. The second-order valence-electron chi connectivity index (χ2n) is 17.8. The summed E-state index contributed by atoms with van der Waals surface area (Å²) in [5.74, 6) is 28.7. The number of rotatable bonds is 8. The van der Waals surface area contributed by atoms with Crippen molar-refractivity contribution in [2.75, 3.05) is 0 Å². The summed E-state index contributed by atoms with van der Waals surface area (Å²) in [5.41, 5.74) is 12.9. The Balaban J connectivity index is 0.989. The van der Waals surface area contributed by atoms with Crippen LogP contribution >= 0.6 is 0 Å². The first-order valence-corrected chi connectivity index (χ1v) is 24.8. The minimum Gasteiger partial charge on any atom is -0.457 e. The molecule has 3 nitrogen and oxygen atoms in total. The molecule has 0 bridgehead atoms. The lowest BCUT2D eigenvalue weighted by molar-refractivity contribution is -0.108. The second kappa shape index (κ2) is 22.7. The lowest BCUT2D eigenvalue weighted by atomic mass is 9.89. The zero-order valence-corrected chi connectivity index (χ0v) is 41.1. The highest BCUT2D eigenvalue weighted by Gasteiger charge is 2.36. The van der Waals surface area contributed by atoms with E-state index in [0.29, 0.717) is 34.1 Å². The van der Waals surface area contributed by atoms with Crippen LogP contribution in [0.1, 0.15) is 66.8 Å². The molecule has 0 unspecified atom stereocenters. The number of carbonyl (C=O) groups is 1. The van der Waals surface area contributed by atoms with Crippen LogP contribution in [0.15, 0.2) is 267 Å². The maximum absolute atomic E-state index is 15.7. The van der Waals surface area contributed by atoms with E-state index >= 15 is 4.79 Å². The van der Waals surface area contributed by atoms with Crippen LogP contribution < -0.4 is 9.47 Å². The van der Waals surface area contributed by atoms with Crippen LogP contribution in [-0.4, -0.2) is 5.78 Å². The van der Waals surface area contributed by atoms with Crippen molar-refractivity contribution in [3.05, 3.63) is 334 Å². The molecule has 1 aliphatic carbocycles. The molecular weight excluding hydrogens is 925 g/mol. The molecule has 3 heteroatoms. The zero-order chi connectivity index (χ0) is 51.3. The molecule has 0 spiro atoms. The number of Topliss-reactive ketones (excluding diaryl/α,β-unsaturated/α-hetero) is 1. The fraction of sp³-hybridized carbons (Fsp3) is 0. The van der Waals surface area contributed by atoms with Gasteiger partial charge in [-0.3, -0.25) is 4.79 Å². The molecule has 0 heterocycles. The Hall–Kier alpha value is -10.8. The van der Waals surface area contributed by atoms with E-state index in [2.05, 4.69) is 47.4 Å². The Labute approximate surface area is 444 Å². The fourth-order valence-corrected chi connectivity index (χ4v) is 8.76. The third kappa shape index (κ3) is 11.6. The number of ether oxygens (including phenoxy) is 2. The molecule has 0 atom stereocenters. The smallest absolute Gasteiger partial charge is 0.195 e. The fourth-order valence-electron chi connectivity index (χ4n) is 8.76. The highest BCUT2D eigenvalue weighted by atomic mass is 16.5. The van der Waals surface area contributed by atoms with Crippen LogP contribution in [0, 0.1) is 47.4 Å². The number of ketones is 1. The summed E-state index contributed by atoms with van der Waals surface area (Å²) in [4.78, 5) is 15.7. The summed E-state index contributed by atoms with van der Waals surface area (Å²) < 4.78 is 12.8. The molecule has 0 saturated heterocycles. The number of carbonyl (C=O) groups excluding carboxylic acids is 1. The van der Waals surface area contributed by atoms with Crippen molar-refractivity contribution < 1.29 is 14.3 Å². The SMILES string of the molecule is O=C1C(c2cccc(C#Cc3ccccc3)c2)=C(c2ccc(Oc3ccc(C#Cc4ccccc4)cc3)cc2)C(c2ccc(Oc3ccc(C#Cc4ccccc4)cc3)cc2)=C1c1cccc(C#Cc2ccccc2)c1. The molecule has 10 aromatic rings. The number of allylic oxidation sites excluding steroid dienone is 4. The van der Waals surface area contributed by atoms with E-state index in [4.69, 9.17) is 9.47 Å². The molecule has 10 aromatic carbocycles. The summed E-state index contributed by atoms with van der Waals surface area (Å²) in [5, 5.41) is 0. The summed E-state index contributed by atoms with van der Waals surface area (Å²) in [7, 11) is 0. The highest BCUT2D eigenvalue weighted by molar-refractivity contribution is 6.59. The van der Waals surface area contributed by atoms with E-state index in [0.717, 1.165) is 77.9 Å². The van der Waals surface area contributed by atoms with E-state index in [1.807, 2.05) is 267 Å². The largest absolute Gasteiger partial charge is 0.457 e. The Bertz CT molecular complexity index is 3780. The molecule has 0 saturated carbocycles. The van der Waals surface area contributed by atoms with Crippen molar-refractivity contribution in [2.45, 2.75) is 0 Å². The molecule has 0 radical (unpaired) electrons. The minimum absolute atomic E-state index is 0.113. The first kappa shape index (κ1) is 47.5. The van der Waals surface area contributed by atoms with E-state index in [9.17, 15) is 0 Å². The first-order valence-electron chi connectivity index (χ1n) is 24.8. The molecule has 0 aromatic heterocycles. The van der Waals surface area contributed by atoms with E-state index < -0.39 is 0 Å². The number of benzene rings is 10. The lowest BCUT2D eigenvalue weighted by Crippen LogP contribution is -2.02. The summed E-state index contributed by atoms with van der Waals surface area (Å²) in [6.45, 7) is 0. The van der Waals surface area contributed by atoms with Crippen molar-refractivity contribution in [3.63, 3.8) is 0 Å². The Kier molecular flexibility index (Phi) is 14.2. The quantitative estimate of drug-likeness (QED) is 0.142.